The number of carbonyl (C=O) groups is 2. The lowest BCUT2D eigenvalue weighted by atomic mass is 9.65. The molecule has 2 saturated carbocycles. The monoisotopic (exact) mass is 731 g/mol. The Morgan fingerprint density at radius 2 is 1.19 bits per heavy atom. The van der Waals surface area contributed by atoms with Crippen LogP contribution >= 0.6 is 117 Å². The van der Waals surface area contributed by atoms with Gasteiger partial charge in [0.15, 0.2) is 4.33 Å². The Morgan fingerprint density at radius 1 is 0.806 bits per heavy atom. The molecule has 0 N–H and O–H groups in total. The largest absolute Gasteiger partial charge is 0.274 e. The maximum atomic E-state index is 13.5. The van der Waals surface area contributed by atoms with Gasteiger partial charge in [0.05, 0.1) is 27.6 Å². The summed E-state index contributed by atoms with van der Waals surface area (Å²) in [4.78, 5) is 25.3. The van der Waals surface area contributed by atoms with E-state index in [-0.39, 0.29) is 34.7 Å². The van der Waals surface area contributed by atoms with E-state index in [1.54, 1.807) is 12.1 Å². The summed E-state index contributed by atoms with van der Waals surface area (Å²) in [7, 11) is 0. The van der Waals surface area contributed by atoms with Crippen molar-refractivity contribution in [1.29, 1.82) is 0 Å². The van der Waals surface area contributed by atoms with Gasteiger partial charge in [-0.2, -0.15) is 0 Å². The second-order valence-corrected chi connectivity index (χ2v) is 14.2. The van der Waals surface area contributed by atoms with Crippen LogP contribution in [0.25, 0.3) is 0 Å². The van der Waals surface area contributed by atoms with Gasteiger partial charge in [0, 0.05) is 13.4 Å². The summed E-state index contributed by atoms with van der Waals surface area (Å²) in [5.74, 6) is -2.59. The van der Waals surface area contributed by atoms with Crippen molar-refractivity contribution in [2.75, 3.05) is 4.90 Å². The minimum Gasteiger partial charge on any atom is -0.274 e. The van der Waals surface area contributed by atoms with Gasteiger partial charge in [0.2, 0.25) is 11.8 Å². The van der Waals surface area contributed by atoms with E-state index in [0.29, 0.717) is 14.6 Å². The van der Waals surface area contributed by atoms with E-state index in [4.69, 9.17) is 69.6 Å². The van der Waals surface area contributed by atoms with E-state index in [1.807, 2.05) is 0 Å². The molecule has 2 bridgehead atoms. The second kappa shape index (κ2) is 7.39. The molecule has 4 aliphatic rings. The minimum absolute atomic E-state index is 0.113. The fourth-order valence-corrected chi connectivity index (χ4v) is 11.4. The van der Waals surface area contributed by atoms with Crippen LogP contribution in [0.15, 0.2) is 35.6 Å². The highest BCUT2D eigenvalue weighted by Gasteiger charge is 2.83. The number of fused-ring (bicyclic) bond motifs is 6. The molecule has 1 aromatic carbocycles. The standard InChI is InChI=1S/C19H10Br3Cl6NO2/c20-5-1-10(21)12(11(22)2-5)29-15(30)6-3-8-9(4-7(6)16(29)31)18(26)14(24)13(23)17(8,25)19(18,27)28/h1-2,6-9H,3-4H2/t6?,7?,8?,9?,17-,18+. The van der Waals surface area contributed by atoms with E-state index >= 15 is 0 Å². The van der Waals surface area contributed by atoms with Crippen LogP contribution in [0, 0.1) is 23.7 Å². The quantitative estimate of drug-likeness (QED) is 0.217. The molecule has 3 aliphatic carbocycles. The fraction of sp³-hybridized carbons (Fsp3) is 0.474. The third-order valence-corrected chi connectivity index (χ3v) is 13.1. The molecule has 4 unspecified atom stereocenters. The summed E-state index contributed by atoms with van der Waals surface area (Å²) >= 11 is 50.5. The number of amides is 2. The molecule has 6 atom stereocenters. The van der Waals surface area contributed by atoms with Crippen molar-refractivity contribution in [3.05, 3.63) is 35.6 Å². The lowest BCUT2D eigenvalue weighted by Gasteiger charge is -2.42. The molecule has 12 heteroatoms. The lowest BCUT2D eigenvalue weighted by molar-refractivity contribution is -0.122. The van der Waals surface area contributed by atoms with Gasteiger partial charge in [-0.15, -0.1) is 23.2 Å². The molecular formula is C19H10Br3Cl6NO2. The molecule has 1 saturated heterocycles. The first-order valence-electron chi connectivity index (χ1n) is 9.14. The SMILES string of the molecule is O=C1C2CC3C(CC2C(=O)N1c1c(Br)cc(Br)cc1Br)[C@@]1(Cl)C(Cl)=C(Cl)[C@]3(Cl)C1(Cl)Cl. The Labute approximate surface area is 233 Å². The van der Waals surface area contributed by atoms with Crippen LogP contribution in [0.5, 0.6) is 0 Å². The molecule has 1 aliphatic heterocycles. The molecule has 0 aromatic heterocycles. The van der Waals surface area contributed by atoms with Gasteiger partial charge in [0.1, 0.15) is 9.75 Å². The normalized spacial score (nSPS) is 40.6. The van der Waals surface area contributed by atoms with E-state index < -0.39 is 37.8 Å². The molecule has 3 fully saturated rings. The molecule has 166 valence electrons. The van der Waals surface area contributed by atoms with Gasteiger partial charge >= 0.3 is 0 Å². The maximum Gasteiger partial charge on any atom is 0.237 e. The Bertz CT molecular complexity index is 1040. The zero-order valence-electron chi connectivity index (χ0n) is 15.0. The van der Waals surface area contributed by atoms with Crippen LogP contribution in [0.4, 0.5) is 5.69 Å². The second-order valence-electron chi connectivity index (χ2n) is 8.25. The van der Waals surface area contributed by atoms with E-state index in [0.717, 1.165) is 4.47 Å². The molecule has 2 amide bonds. The van der Waals surface area contributed by atoms with E-state index in [1.165, 1.54) is 4.90 Å². The molecule has 1 aromatic rings. The van der Waals surface area contributed by atoms with Crippen molar-refractivity contribution in [1.82, 2.24) is 0 Å². The summed E-state index contributed by atoms with van der Waals surface area (Å²) < 4.78 is 0.326. The van der Waals surface area contributed by atoms with Crippen LogP contribution in [-0.4, -0.2) is 25.9 Å². The number of alkyl halides is 4. The number of hydrogen-bond donors (Lipinski definition) is 0. The van der Waals surface area contributed by atoms with Gasteiger partial charge in [0.25, 0.3) is 0 Å². The molecule has 0 spiro atoms. The summed E-state index contributed by atoms with van der Waals surface area (Å²) in [6.45, 7) is 0. The van der Waals surface area contributed by atoms with Crippen LogP contribution in [0.1, 0.15) is 12.8 Å². The number of rotatable bonds is 1. The number of imide groups is 1. The fourth-order valence-electron chi connectivity index (χ4n) is 5.69. The molecule has 31 heavy (non-hydrogen) atoms. The average molecular weight is 737 g/mol. The summed E-state index contributed by atoms with van der Waals surface area (Å²) in [6.07, 6.45) is 0.559. The Kier molecular flexibility index (Phi) is 5.72. The van der Waals surface area contributed by atoms with Crippen LogP contribution in [-0.2, 0) is 9.59 Å². The first-order chi connectivity index (χ1) is 14.3. The van der Waals surface area contributed by atoms with E-state index in [9.17, 15) is 9.59 Å². The molecule has 5 rings (SSSR count). The number of carbonyl (C=O) groups excluding carboxylic acids is 2. The number of nitrogens with zero attached hydrogens (tertiary/aromatic N) is 1. The lowest BCUT2D eigenvalue weighted by Crippen LogP contribution is -2.44. The summed E-state index contributed by atoms with van der Waals surface area (Å²) in [6, 6.07) is 3.55. The number of benzene rings is 1. The first-order valence-corrected chi connectivity index (χ1v) is 13.8. The van der Waals surface area contributed by atoms with Gasteiger partial charge in [-0.05, 0) is 68.7 Å². The Balaban J connectivity index is 1.58. The summed E-state index contributed by atoms with van der Waals surface area (Å²) in [5, 5.41) is 0.227. The number of hydrogen-bond acceptors (Lipinski definition) is 2. The van der Waals surface area contributed by atoms with Crippen LogP contribution in [0.2, 0.25) is 0 Å². The third kappa shape index (κ3) is 2.72. The molecular weight excluding hydrogens is 727 g/mol. The smallest absolute Gasteiger partial charge is 0.237 e. The third-order valence-electron chi connectivity index (χ3n) is 7.03. The van der Waals surface area contributed by atoms with Crippen molar-refractivity contribution in [2.24, 2.45) is 23.7 Å². The van der Waals surface area contributed by atoms with E-state index in [2.05, 4.69) is 47.8 Å². The predicted octanol–water partition coefficient (Wildman–Crippen LogP) is 7.95. The summed E-state index contributed by atoms with van der Waals surface area (Å²) in [5.41, 5.74) is 0.458. The van der Waals surface area contributed by atoms with Gasteiger partial charge in [-0.1, -0.05) is 62.3 Å². The molecule has 1 heterocycles. The zero-order valence-corrected chi connectivity index (χ0v) is 24.3. The van der Waals surface area contributed by atoms with Gasteiger partial charge < -0.3 is 0 Å². The number of halogens is 9. The highest BCUT2D eigenvalue weighted by atomic mass is 79.9. The Morgan fingerprint density at radius 3 is 1.58 bits per heavy atom. The van der Waals surface area contributed by atoms with Gasteiger partial charge in [-0.3, -0.25) is 9.59 Å². The van der Waals surface area contributed by atoms with Crippen LogP contribution in [0.3, 0.4) is 0 Å². The molecule has 3 nitrogen and oxygen atoms in total. The zero-order chi connectivity index (χ0) is 22.8. The maximum absolute atomic E-state index is 13.5. The number of allylic oxidation sites excluding steroid dienone is 2. The van der Waals surface area contributed by atoms with Crippen molar-refractivity contribution in [2.45, 2.75) is 26.9 Å². The van der Waals surface area contributed by atoms with Crippen LogP contribution < -0.4 is 4.90 Å². The topological polar surface area (TPSA) is 37.4 Å². The Hall–Kier alpha value is 1.28. The highest BCUT2D eigenvalue weighted by molar-refractivity contribution is 9.11. The average Bonchev–Trinajstić information content (AvgIpc) is 3.04. The first kappa shape index (κ1) is 24.0. The highest BCUT2D eigenvalue weighted by Crippen LogP contribution is 2.79. The minimum atomic E-state index is -1.67. The van der Waals surface area contributed by atoms with Crippen molar-refractivity contribution >= 4 is 135 Å². The number of anilines is 1. The van der Waals surface area contributed by atoms with Crippen molar-refractivity contribution in [3.8, 4) is 0 Å². The molecule has 0 radical (unpaired) electrons. The van der Waals surface area contributed by atoms with Crippen molar-refractivity contribution < 1.29 is 9.59 Å². The van der Waals surface area contributed by atoms with Gasteiger partial charge in [-0.25, -0.2) is 4.90 Å². The predicted molar refractivity (Wildman–Crippen MR) is 136 cm³/mol. The van der Waals surface area contributed by atoms with Crippen molar-refractivity contribution in [3.63, 3.8) is 0 Å².